The van der Waals surface area contributed by atoms with E-state index >= 15 is 0 Å². The summed E-state index contributed by atoms with van der Waals surface area (Å²) in [6, 6.07) is 0. The Morgan fingerprint density at radius 2 is 1.75 bits per heavy atom. The van der Waals surface area contributed by atoms with Crippen LogP contribution in [0.15, 0.2) is 24.3 Å². The maximum Gasteiger partial charge on any atom is 0.409 e. The fourth-order valence-corrected chi connectivity index (χ4v) is 1.51. The van der Waals surface area contributed by atoms with E-state index in [1.165, 1.54) is 0 Å². The highest BCUT2D eigenvalue weighted by Gasteiger charge is 2.65. The summed E-state index contributed by atoms with van der Waals surface area (Å²) in [6.07, 6.45) is -2.16. The second-order valence-electron chi connectivity index (χ2n) is 3.23. The molecular weight excluding hydrogens is 229 g/mol. The largest absolute Gasteiger partial charge is 0.481 e. The Hall–Kier alpha value is -1.79. The summed E-state index contributed by atoms with van der Waals surface area (Å²) >= 11 is 0. The molecule has 0 aromatic rings. The zero-order chi connectivity index (χ0) is 12.6. The lowest BCUT2D eigenvalue weighted by atomic mass is 9.72. The molecule has 16 heavy (non-hydrogen) atoms. The van der Waals surface area contributed by atoms with E-state index in [9.17, 15) is 22.8 Å². The summed E-state index contributed by atoms with van der Waals surface area (Å²) in [7, 11) is 0. The molecule has 0 amide bonds. The van der Waals surface area contributed by atoms with Gasteiger partial charge in [0.05, 0.1) is 0 Å². The Morgan fingerprint density at radius 3 is 2.06 bits per heavy atom. The molecule has 2 N–H and O–H groups in total. The van der Waals surface area contributed by atoms with Gasteiger partial charge in [-0.25, -0.2) is 0 Å². The Balaban J connectivity index is 3.39. The number of rotatable bonds is 2. The van der Waals surface area contributed by atoms with Crippen molar-refractivity contribution in [1.29, 1.82) is 0 Å². The minimum Gasteiger partial charge on any atom is -0.481 e. The molecule has 1 aliphatic rings. The van der Waals surface area contributed by atoms with Crippen LogP contribution < -0.4 is 0 Å². The van der Waals surface area contributed by atoms with Gasteiger partial charge in [-0.15, -0.1) is 0 Å². The number of carbonyl (C=O) groups is 2. The van der Waals surface area contributed by atoms with Gasteiger partial charge < -0.3 is 10.2 Å². The van der Waals surface area contributed by atoms with Gasteiger partial charge in [-0.05, 0) is 0 Å². The van der Waals surface area contributed by atoms with Gasteiger partial charge in [0.25, 0.3) is 0 Å². The van der Waals surface area contributed by atoms with Gasteiger partial charge in [0.15, 0.2) is 5.41 Å². The molecule has 0 aromatic heterocycles. The number of allylic oxidation sites excluding steroid dienone is 2. The van der Waals surface area contributed by atoms with Crippen LogP contribution in [0, 0.1) is 11.3 Å². The fraction of sp³-hybridized carbons (Fsp3) is 0.333. The van der Waals surface area contributed by atoms with Crippen LogP contribution in [0.1, 0.15) is 0 Å². The summed E-state index contributed by atoms with van der Waals surface area (Å²) in [6.45, 7) is 0. The van der Waals surface area contributed by atoms with Gasteiger partial charge in [0, 0.05) is 0 Å². The maximum absolute atomic E-state index is 12.7. The number of alkyl halides is 3. The van der Waals surface area contributed by atoms with Crippen LogP contribution in [-0.4, -0.2) is 28.3 Å². The lowest BCUT2D eigenvalue weighted by Gasteiger charge is -2.33. The van der Waals surface area contributed by atoms with Gasteiger partial charge in [0.1, 0.15) is 5.92 Å². The summed E-state index contributed by atoms with van der Waals surface area (Å²) in [5.41, 5.74) is -3.40. The monoisotopic (exact) mass is 236 g/mol. The van der Waals surface area contributed by atoms with Gasteiger partial charge in [0.2, 0.25) is 0 Å². The van der Waals surface area contributed by atoms with E-state index in [2.05, 4.69) is 0 Å². The van der Waals surface area contributed by atoms with Crippen molar-refractivity contribution in [3.8, 4) is 0 Å². The molecule has 2 unspecified atom stereocenters. The molecule has 0 aromatic carbocycles. The van der Waals surface area contributed by atoms with Crippen molar-refractivity contribution in [2.24, 2.45) is 11.3 Å². The predicted octanol–water partition coefficient (Wildman–Crippen LogP) is 1.45. The highest BCUT2D eigenvalue weighted by Crippen LogP contribution is 2.48. The quantitative estimate of drug-likeness (QED) is 0.760. The van der Waals surface area contributed by atoms with Gasteiger partial charge in [-0.1, -0.05) is 24.3 Å². The molecule has 1 aliphatic carbocycles. The summed E-state index contributed by atoms with van der Waals surface area (Å²) < 4.78 is 38.2. The van der Waals surface area contributed by atoms with Gasteiger partial charge in [-0.2, -0.15) is 13.2 Å². The predicted molar refractivity (Wildman–Crippen MR) is 45.5 cm³/mol. The standard InChI is InChI=1S/C9H7F3O4/c10-9(11,12)8(7(15)16)4-2-1-3-5(8)6(13)14/h1-5H,(H,13,14)(H,15,16). The summed E-state index contributed by atoms with van der Waals surface area (Å²) in [5.74, 6) is -6.22. The number of carboxylic acids is 2. The van der Waals surface area contributed by atoms with E-state index in [0.29, 0.717) is 12.2 Å². The zero-order valence-electron chi connectivity index (χ0n) is 7.73. The highest BCUT2D eigenvalue weighted by molar-refractivity contribution is 5.88. The van der Waals surface area contributed by atoms with Crippen molar-refractivity contribution < 1.29 is 33.0 Å². The van der Waals surface area contributed by atoms with Crippen LogP contribution >= 0.6 is 0 Å². The van der Waals surface area contributed by atoms with Crippen molar-refractivity contribution in [2.75, 3.05) is 0 Å². The average molecular weight is 236 g/mol. The number of carboxylic acid groups (broad SMARTS) is 2. The van der Waals surface area contributed by atoms with Crippen molar-refractivity contribution in [2.45, 2.75) is 6.18 Å². The molecule has 4 nitrogen and oxygen atoms in total. The molecule has 0 aliphatic heterocycles. The molecule has 0 heterocycles. The number of aliphatic carboxylic acids is 2. The first-order valence-corrected chi connectivity index (χ1v) is 4.12. The lowest BCUT2D eigenvalue weighted by Crippen LogP contribution is -2.51. The molecule has 0 fully saturated rings. The lowest BCUT2D eigenvalue weighted by molar-refractivity contribution is -0.229. The number of hydrogen-bond donors (Lipinski definition) is 2. The van der Waals surface area contributed by atoms with E-state index in [1.54, 1.807) is 0 Å². The van der Waals surface area contributed by atoms with Gasteiger partial charge in [-0.3, -0.25) is 9.59 Å². The summed E-state index contributed by atoms with van der Waals surface area (Å²) in [4.78, 5) is 21.4. The van der Waals surface area contributed by atoms with Crippen LogP contribution in [0.2, 0.25) is 0 Å². The summed E-state index contributed by atoms with van der Waals surface area (Å²) in [5, 5.41) is 17.3. The highest BCUT2D eigenvalue weighted by atomic mass is 19.4. The van der Waals surface area contributed by atoms with Gasteiger partial charge >= 0.3 is 18.1 Å². The van der Waals surface area contributed by atoms with Crippen LogP contribution in [-0.2, 0) is 9.59 Å². The van der Waals surface area contributed by atoms with Crippen LogP contribution in [0.3, 0.4) is 0 Å². The number of hydrogen-bond acceptors (Lipinski definition) is 2. The van der Waals surface area contributed by atoms with Crippen LogP contribution in [0.25, 0.3) is 0 Å². The molecule has 0 saturated heterocycles. The molecular formula is C9H7F3O4. The van der Waals surface area contributed by atoms with Crippen LogP contribution in [0.4, 0.5) is 13.2 Å². The fourth-order valence-electron chi connectivity index (χ4n) is 1.51. The minimum absolute atomic E-state index is 0.355. The molecule has 0 spiro atoms. The minimum atomic E-state index is -5.18. The topological polar surface area (TPSA) is 74.6 Å². The molecule has 1 rings (SSSR count). The molecule has 88 valence electrons. The first-order valence-electron chi connectivity index (χ1n) is 4.12. The van der Waals surface area contributed by atoms with Crippen LogP contribution in [0.5, 0.6) is 0 Å². The first-order chi connectivity index (χ1) is 7.23. The second-order valence-corrected chi connectivity index (χ2v) is 3.23. The Labute approximate surface area is 87.7 Å². The van der Waals surface area contributed by atoms with Crippen molar-refractivity contribution in [1.82, 2.24) is 0 Å². The number of halogens is 3. The van der Waals surface area contributed by atoms with Crippen molar-refractivity contribution in [3.63, 3.8) is 0 Å². The third-order valence-electron chi connectivity index (χ3n) is 2.35. The molecule has 0 saturated carbocycles. The Bertz CT molecular complexity index is 383. The second kappa shape index (κ2) is 3.66. The third-order valence-corrected chi connectivity index (χ3v) is 2.35. The zero-order valence-corrected chi connectivity index (χ0v) is 7.73. The van der Waals surface area contributed by atoms with E-state index < -0.39 is 29.4 Å². The Morgan fingerprint density at radius 1 is 1.19 bits per heavy atom. The molecule has 7 heteroatoms. The van der Waals surface area contributed by atoms with Crippen molar-refractivity contribution in [3.05, 3.63) is 24.3 Å². The van der Waals surface area contributed by atoms with Crippen molar-refractivity contribution >= 4 is 11.9 Å². The van der Waals surface area contributed by atoms with E-state index in [4.69, 9.17) is 10.2 Å². The average Bonchev–Trinajstić information content (AvgIpc) is 2.15. The SMILES string of the molecule is O=C(O)C1C=CC=CC1(C(=O)O)C(F)(F)F. The molecule has 2 atom stereocenters. The smallest absolute Gasteiger partial charge is 0.409 e. The van der Waals surface area contributed by atoms with E-state index in [0.717, 1.165) is 12.2 Å². The Kier molecular flexibility index (Phi) is 2.81. The maximum atomic E-state index is 12.7. The van der Waals surface area contributed by atoms with E-state index in [1.807, 2.05) is 0 Å². The molecule has 0 bridgehead atoms. The molecule has 0 radical (unpaired) electrons. The normalized spacial score (nSPS) is 29.1. The third kappa shape index (κ3) is 1.58. The van der Waals surface area contributed by atoms with E-state index in [-0.39, 0.29) is 0 Å². The first kappa shape index (κ1) is 12.3.